The highest BCUT2D eigenvalue weighted by Gasteiger charge is 2.19. The smallest absolute Gasteiger partial charge is 0.341 e. The lowest BCUT2D eigenvalue weighted by molar-refractivity contribution is 0.0528. The minimum absolute atomic E-state index is 0.281. The average Bonchev–Trinajstić information content (AvgIpc) is 2.96. The van der Waals surface area contributed by atoms with Gasteiger partial charge in [0.2, 0.25) is 0 Å². The van der Waals surface area contributed by atoms with Crippen molar-refractivity contribution in [3.63, 3.8) is 0 Å². The van der Waals surface area contributed by atoms with E-state index in [0.717, 1.165) is 10.6 Å². The van der Waals surface area contributed by atoms with Gasteiger partial charge < -0.3 is 10.1 Å². The number of H-pyrrole nitrogens is 1. The number of anilines is 1. The molecule has 0 aliphatic heterocycles. The lowest BCUT2D eigenvalue weighted by Gasteiger charge is -2.04. The van der Waals surface area contributed by atoms with Crippen molar-refractivity contribution in [3.8, 4) is 0 Å². The molecule has 0 spiro atoms. The highest BCUT2D eigenvalue weighted by Crippen LogP contribution is 2.28. The molecule has 0 unspecified atom stereocenters. The molecule has 0 saturated carbocycles. The van der Waals surface area contributed by atoms with Crippen LogP contribution in [-0.2, 0) is 4.74 Å². The van der Waals surface area contributed by atoms with E-state index in [-0.39, 0.29) is 11.6 Å². The molecule has 0 aliphatic carbocycles. The maximum absolute atomic E-state index is 12.0. The Morgan fingerprint density at radius 3 is 2.75 bits per heavy atom. The predicted octanol–water partition coefficient (Wildman–Crippen LogP) is 2.52. The Morgan fingerprint density at radius 1 is 1.40 bits per heavy atom. The van der Waals surface area contributed by atoms with Crippen LogP contribution in [0.4, 0.5) is 5.00 Å². The second-order valence-electron chi connectivity index (χ2n) is 4.21. The summed E-state index contributed by atoms with van der Waals surface area (Å²) in [6.45, 7) is 5.70. The Hall–Kier alpha value is -2.15. The van der Waals surface area contributed by atoms with Crippen molar-refractivity contribution >= 4 is 28.2 Å². The fourth-order valence-electron chi connectivity index (χ4n) is 1.67. The summed E-state index contributed by atoms with van der Waals surface area (Å²) in [5.74, 6) is -0.799. The molecular weight excluding hydrogens is 278 g/mol. The number of hydrogen-bond donors (Lipinski definition) is 2. The van der Waals surface area contributed by atoms with E-state index >= 15 is 0 Å². The molecule has 2 rings (SSSR count). The molecule has 2 aromatic heterocycles. The van der Waals surface area contributed by atoms with E-state index in [9.17, 15) is 9.59 Å². The zero-order chi connectivity index (χ0) is 14.7. The molecule has 0 atom stereocenters. The fourth-order valence-corrected chi connectivity index (χ4v) is 2.56. The maximum atomic E-state index is 12.0. The first-order chi connectivity index (χ1) is 9.51. The van der Waals surface area contributed by atoms with Crippen LogP contribution >= 0.6 is 11.3 Å². The van der Waals surface area contributed by atoms with Crippen LogP contribution < -0.4 is 5.32 Å². The van der Waals surface area contributed by atoms with Gasteiger partial charge >= 0.3 is 5.97 Å². The average molecular weight is 293 g/mol. The Labute approximate surface area is 120 Å². The van der Waals surface area contributed by atoms with Gasteiger partial charge in [0.25, 0.3) is 5.91 Å². The summed E-state index contributed by atoms with van der Waals surface area (Å²) in [5, 5.41) is 9.75. The fraction of sp³-hybridized carbons (Fsp3) is 0.308. The summed E-state index contributed by atoms with van der Waals surface area (Å²) >= 11 is 1.33. The largest absolute Gasteiger partial charge is 0.462 e. The number of aryl methyl sites for hydroxylation is 2. The van der Waals surface area contributed by atoms with Crippen molar-refractivity contribution in [1.82, 2.24) is 10.2 Å². The summed E-state index contributed by atoms with van der Waals surface area (Å²) in [5.41, 5.74) is 1.45. The van der Waals surface area contributed by atoms with E-state index in [1.54, 1.807) is 19.1 Å². The Morgan fingerprint density at radius 2 is 2.15 bits per heavy atom. The minimum Gasteiger partial charge on any atom is -0.462 e. The molecule has 2 N–H and O–H groups in total. The quantitative estimate of drug-likeness (QED) is 0.848. The molecule has 2 aromatic rings. The predicted molar refractivity (Wildman–Crippen MR) is 76.3 cm³/mol. The van der Waals surface area contributed by atoms with Crippen LogP contribution in [0.15, 0.2) is 12.1 Å². The van der Waals surface area contributed by atoms with Crippen LogP contribution in [0.2, 0.25) is 0 Å². The molecule has 7 heteroatoms. The lowest BCUT2D eigenvalue weighted by Crippen LogP contribution is -2.14. The number of nitrogens with zero attached hydrogens (tertiary/aromatic N) is 1. The molecule has 2 heterocycles. The molecule has 0 saturated heterocycles. The summed E-state index contributed by atoms with van der Waals surface area (Å²) in [6, 6.07) is 3.34. The number of carbonyl (C=O) groups is 2. The highest BCUT2D eigenvalue weighted by atomic mass is 32.1. The SMILES string of the molecule is CCOC(=O)c1cc(C)sc1NC(=O)c1cc(C)[nH]n1. The number of nitrogens with one attached hydrogen (secondary N) is 2. The van der Waals surface area contributed by atoms with E-state index in [4.69, 9.17) is 4.74 Å². The minimum atomic E-state index is -0.439. The first-order valence-electron chi connectivity index (χ1n) is 6.12. The van der Waals surface area contributed by atoms with Crippen molar-refractivity contribution < 1.29 is 14.3 Å². The normalized spacial score (nSPS) is 10.3. The second kappa shape index (κ2) is 5.87. The summed E-state index contributed by atoms with van der Waals surface area (Å²) < 4.78 is 4.97. The molecule has 0 radical (unpaired) electrons. The van der Waals surface area contributed by atoms with Crippen molar-refractivity contribution in [2.45, 2.75) is 20.8 Å². The highest BCUT2D eigenvalue weighted by molar-refractivity contribution is 7.16. The van der Waals surface area contributed by atoms with Crippen LogP contribution in [0, 0.1) is 13.8 Å². The number of esters is 1. The first-order valence-corrected chi connectivity index (χ1v) is 6.93. The molecule has 1 amide bonds. The van der Waals surface area contributed by atoms with Crippen LogP contribution in [0.25, 0.3) is 0 Å². The van der Waals surface area contributed by atoms with Gasteiger partial charge in [-0.3, -0.25) is 9.89 Å². The van der Waals surface area contributed by atoms with Gasteiger partial charge in [0, 0.05) is 10.6 Å². The molecule has 0 aliphatic rings. The Bertz CT molecular complexity index is 645. The zero-order valence-corrected chi connectivity index (χ0v) is 12.3. The van der Waals surface area contributed by atoms with E-state index in [2.05, 4.69) is 15.5 Å². The van der Waals surface area contributed by atoms with Crippen molar-refractivity contribution in [1.29, 1.82) is 0 Å². The van der Waals surface area contributed by atoms with Gasteiger partial charge in [-0.2, -0.15) is 5.10 Å². The van der Waals surface area contributed by atoms with Gasteiger partial charge in [0.05, 0.1) is 12.2 Å². The maximum Gasteiger partial charge on any atom is 0.341 e. The summed E-state index contributed by atoms with van der Waals surface area (Å²) in [7, 11) is 0. The molecule has 106 valence electrons. The number of hydrogen-bond acceptors (Lipinski definition) is 5. The topological polar surface area (TPSA) is 84.1 Å². The van der Waals surface area contributed by atoms with Gasteiger partial charge in [-0.25, -0.2) is 4.79 Å². The van der Waals surface area contributed by atoms with Gasteiger partial charge in [0.1, 0.15) is 5.00 Å². The Kier molecular flexibility index (Phi) is 4.19. The number of aromatic nitrogens is 2. The number of aromatic amines is 1. The molecule has 0 fully saturated rings. The molecule has 0 aromatic carbocycles. The van der Waals surface area contributed by atoms with E-state index in [1.807, 2.05) is 13.8 Å². The molecular formula is C13H15N3O3S. The number of ether oxygens (including phenoxy) is 1. The third kappa shape index (κ3) is 3.05. The van der Waals surface area contributed by atoms with Crippen LogP contribution in [-0.4, -0.2) is 28.7 Å². The first kappa shape index (κ1) is 14.3. The van der Waals surface area contributed by atoms with Crippen LogP contribution in [0.5, 0.6) is 0 Å². The van der Waals surface area contributed by atoms with Gasteiger partial charge in [0.15, 0.2) is 5.69 Å². The summed E-state index contributed by atoms with van der Waals surface area (Å²) in [4.78, 5) is 24.8. The number of carbonyl (C=O) groups excluding carboxylic acids is 2. The van der Waals surface area contributed by atoms with Crippen molar-refractivity contribution in [2.75, 3.05) is 11.9 Å². The van der Waals surface area contributed by atoms with E-state index in [1.165, 1.54) is 11.3 Å². The number of thiophene rings is 1. The lowest BCUT2D eigenvalue weighted by atomic mass is 10.3. The molecule has 20 heavy (non-hydrogen) atoms. The van der Waals surface area contributed by atoms with Crippen molar-refractivity contribution in [3.05, 3.63) is 34.0 Å². The monoisotopic (exact) mass is 293 g/mol. The second-order valence-corrected chi connectivity index (χ2v) is 5.47. The number of amides is 1. The van der Waals surface area contributed by atoms with Crippen LogP contribution in [0.3, 0.4) is 0 Å². The third-order valence-electron chi connectivity index (χ3n) is 2.52. The molecule has 0 bridgehead atoms. The zero-order valence-electron chi connectivity index (χ0n) is 11.4. The van der Waals surface area contributed by atoms with Crippen molar-refractivity contribution in [2.24, 2.45) is 0 Å². The molecule has 6 nitrogen and oxygen atoms in total. The third-order valence-corrected chi connectivity index (χ3v) is 3.48. The number of rotatable bonds is 4. The van der Waals surface area contributed by atoms with Gasteiger partial charge in [-0.05, 0) is 32.9 Å². The van der Waals surface area contributed by atoms with Gasteiger partial charge in [-0.15, -0.1) is 11.3 Å². The van der Waals surface area contributed by atoms with E-state index in [0.29, 0.717) is 17.2 Å². The summed E-state index contributed by atoms with van der Waals surface area (Å²) in [6.07, 6.45) is 0. The van der Waals surface area contributed by atoms with E-state index < -0.39 is 5.97 Å². The van der Waals surface area contributed by atoms with Gasteiger partial charge in [-0.1, -0.05) is 0 Å². The standard InChI is InChI=1S/C13H15N3O3S/c1-4-19-13(18)9-6-8(3)20-12(9)14-11(17)10-5-7(2)15-16-10/h5-6H,4H2,1-3H3,(H,14,17)(H,15,16). The van der Waals surface area contributed by atoms with Crippen LogP contribution in [0.1, 0.15) is 38.3 Å². The Balaban J connectivity index is 2.21.